The number of hydrogen-bond acceptors (Lipinski definition) is 6. The molecule has 1 heterocycles. The Bertz CT molecular complexity index is 253. The van der Waals surface area contributed by atoms with Crippen LogP contribution in [0.4, 0.5) is 6.01 Å². The summed E-state index contributed by atoms with van der Waals surface area (Å²) in [6.45, 7) is 1.16. The van der Waals surface area contributed by atoms with E-state index in [0.29, 0.717) is 18.5 Å². The van der Waals surface area contributed by atoms with E-state index < -0.39 is 0 Å². The Labute approximate surface area is 87.8 Å². The minimum absolute atomic E-state index is 0.293. The highest BCUT2D eigenvalue weighted by Gasteiger charge is 2.01. The van der Waals surface area contributed by atoms with Crippen LogP contribution in [0, 0.1) is 0 Å². The van der Waals surface area contributed by atoms with Gasteiger partial charge in [-0.25, -0.2) is 0 Å². The molecular formula is C8H16N4OS. The van der Waals surface area contributed by atoms with Gasteiger partial charge in [0, 0.05) is 6.54 Å². The maximum absolute atomic E-state index is 5.33. The molecule has 0 unspecified atom stereocenters. The predicted molar refractivity (Wildman–Crippen MR) is 58.3 cm³/mol. The Morgan fingerprint density at radius 1 is 1.43 bits per heavy atom. The smallest absolute Gasteiger partial charge is 0.315 e. The summed E-state index contributed by atoms with van der Waals surface area (Å²) in [7, 11) is 0. The standard InChI is InChI=1S/C8H16N4OS/c1-14-5-3-2-4-10-8-12-11-7(6-9)13-8/h2-6,9H2,1H3,(H,10,12). The molecular weight excluding hydrogens is 200 g/mol. The van der Waals surface area contributed by atoms with Crippen molar-refractivity contribution in [2.75, 3.05) is 23.9 Å². The van der Waals surface area contributed by atoms with Gasteiger partial charge in [-0.15, -0.1) is 5.10 Å². The van der Waals surface area contributed by atoms with Gasteiger partial charge in [0.2, 0.25) is 5.89 Å². The van der Waals surface area contributed by atoms with Gasteiger partial charge in [-0.1, -0.05) is 5.10 Å². The van der Waals surface area contributed by atoms with Gasteiger partial charge in [-0.05, 0) is 24.9 Å². The van der Waals surface area contributed by atoms with Crippen molar-refractivity contribution in [3.63, 3.8) is 0 Å². The number of anilines is 1. The van der Waals surface area contributed by atoms with E-state index in [1.54, 1.807) is 0 Å². The minimum Gasteiger partial charge on any atom is -0.407 e. The second kappa shape index (κ2) is 6.67. The van der Waals surface area contributed by atoms with Crippen molar-refractivity contribution in [3.05, 3.63) is 5.89 Å². The molecule has 0 spiro atoms. The van der Waals surface area contributed by atoms with Gasteiger partial charge in [0.05, 0.1) is 6.54 Å². The molecule has 6 heteroatoms. The Balaban J connectivity index is 2.12. The van der Waals surface area contributed by atoms with Crippen LogP contribution in [-0.4, -0.2) is 28.8 Å². The lowest BCUT2D eigenvalue weighted by Gasteiger charge is -1.99. The molecule has 0 bridgehead atoms. The molecule has 0 saturated heterocycles. The van der Waals surface area contributed by atoms with Crippen LogP contribution in [0.15, 0.2) is 4.42 Å². The highest BCUT2D eigenvalue weighted by Crippen LogP contribution is 2.05. The SMILES string of the molecule is CSCCCCNc1nnc(CN)o1. The van der Waals surface area contributed by atoms with E-state index in [9.17, 15) is 0 Å². The van der Waals surface area contributed by atoms with E-state index in [4.69, 9.17) is 10.2 Å². The third-order valence-corrected chi connectivity index (χ3v) is 2.39. The number of rotatable bonds is 7. The van der Waals surface area contributed by atoms with Crippen molar-refractivity contribution in [3.8, 4) is 0 Å². The maximum atomic E-state index is 5.33. The predicted octanol–water partition coefficient (Wildman–Crippen LogP) is 1.08. The lowest BCUT2D eigenvalue weighted by atomic mass is 10.3. The number of unbranched alkanes of at least 4 members (excludes halogenated alkanes) is 1. The molecule has 0 aliphatic heterocycles. The van der Waals surface area contributed by atoms with Crippen LogP contribution < -0.4 is 11.1 Å². The summed E-state index contributed by atoms with van der Waals surface area (Å²) in [5, 5.41) is 10.6. The fourth-order valence-electron chi connectivity index (χ4n) is 0.974. The van der Waals surface area contributed by atoms with Crippen LogP contribution in [0.5, 0.6) is 0 Å². The lowest BCUT2D eigenvalue weighted by molar-refractivity contribution is 0.506. The van der Waals surface area contributed by atoms with Crippen molar-refractivity contribution >= 4 is 17.8 Å². The molecule has 1 rings (SSSR count). The van der Waals surface area contributed by atoms with Gasteiger partial charge in [-0.3, -0.25) is 0 Å². The number of hydrogen-bond donors (Lipinski definition) is 2. The van der Waals surface area contributed by atoms with Gasteiger partial charge < -0.3 is 15.5 Å². The molecule has 0 aliphatic carbocycles. The van der Waals surface area contributed by atoms with Gasteiger partial charge >= 0.3 is 6.01 Å². The maximum Gasteiger partial charge on any atom is 0.315 e. The summed E-state index contributed by atoms with van der Waals surface area (Å²) < 4.78 is 5.18. The van der Waals surface area contributed by atoms with Crippen LogP contribution in [0.1, 0.15) is 18.7 Å². The Morgan fingerprint density at radius 2 is 2.29 bits per heavy atom. The highest BCUT2D eigenvalue weighted by molar-refractivity contribution is 7.98. The third kappa shape index (κ3) is 3.97. The molecule has 14 heavy (non-hydrogen) atoms. The lowest BCUT2D eigenvalue weighted by Crippen LogP contribution is -2.02. The van der Waals surface area contributed by atoms with Crippen molar-refractivity contribution in [2.45, 2.75) is 19.4 Å². The van der Waals surface area contributed by atoms with Crippen molar-refractivity contribution in [1.29, 1.82) is 0 Å². The molecule has 3 N–H and O–H groups in total. The minimum atomic E-state index is 0.293. The quantitative estimate of drug-likeness (QED) is 0.664. The fourth-order valence-corrected chi connectivity index (χ4v) is 1.47. The van der Waals surface area contributed by atoms with Crippen molar-refractivity contribution < 1.29 is 4.42 Å². The van der Waals surface area contributed by atoms with E-state index in [1.807, 2.05) is 11.8 Å². The Kier molecular flexibility index (Phi) is 5.39. The largest absolute Gasteiger partial charge is 0.407 e. The second-order valence-corrected chi connectivity index (χ2v) is 3.82. The Hall–Kier alpha value is -0.750. The first-order chi connectivity index (χ1) is 6.86. The number of thioether (sulfide) groups is 1. The zero-order chi connectivity index (χ0) is 10.2. The molecule has 0 atom stereocenters. The van der Waals surface area contributed by atoms with Gasteiger partial charge in [-0.2, -0.15) is 11.8 Å². The van der Waals surface area contributed by atoms with Gasteiger partial charge in [0.25, 0.3) is 0 Å². The number of nitrogens with two attached hydrogens (primary N) is 1. The van der Waals surface area contributed by atoms with Crippen molar-refractivity contribution in [1.82, 2.24) is 10.2 Å². The zero-order valence-electron chi connectivity index (χ0n) is 8.32. The molecule has 80 valence electrons. The first-order valence-electron chi connectivity index (χ1n) is 4.62. The van der Waals surface area contributed by atoms with E-state index in [-0.39, 0.29) is 0 Å². The second-order valence-electron chi connectivity index (χ2n) is 2.83. The molecule has 0 aliphatic rings. The monoisotopic (exact) mass is 216 g/mol. The number of nitrogens with zero attached hydrogens (tertiary/aromatic N) is 2. The van der Waals surface area contributed by atoms with Crippen LogP contribution in [0.25, 0.3) is 0 Å². The van der Waals surface area contributed by atoms with Crippen LogP contribution in [0.2, 0.25) is 0 Å². The first kappa shape index (κ1) is 11.3. The van der Waals surface area contributed by atoms with E-state index in [0.717, 1.165) is 13.0 Å². The average molecular weight is 216 g/mol. The molecule has 0 amide bonds. The van der Waals surface area contributed by atoms with Gasteiger partial charge in [0.15, 0.2) is 0 Å². The summed E-state index contributed by atoms with van der Waals surface area (Å²) in [5.74, 6) is 1.66. The van der Waals surface area contributed by atoms with Crippen LogP contribution in [-0.2, 0) is 6.54 Å². The molecule has 0 fully saturated rings. The number of nitrogens with one attached hydrogen (secondary N) is 1. The molecule has 5 nitrogen and oxygen atoms in total. The topological polar surface area (TPSA) is 77.0 Å². The van der Waals surface area contributed by atoms with Crippen molar-refractivity contribution in [2.24, 2.45) is 5.73 Å². The molecule has 0 aromatic carbocycles. The van der Waals surface area contributed by atoms with Gasteiger partial charge in [0.1, 0.15) is 0 Å². The van der Waals surface area contributed by atoms with E-state index in [1.165, 1.54) is 12.2 Å². The molecule has 0 radical (unpaired) electrons. The first-order valence-corrected chi connectivity index (χ1v) is 6.01. The average Bonchev–Trinajstić information content (AvgIpc) is 2.65. The molecule has 1 aromatic heterocycles. The summed E-state index contributed by atoms with van der Waals surface area (Å²) in [6, 6.07) is 0.467. The summed E-state index contributed by atoms with van der Waals surface area (Å²) in [5.41, 5.74) is 5.33. The fraction of sp³-hybridized carbons (Fsp3) is 0.750. The summed E-state index contributed by atoms with van der Waals surface area (Å²) >= 11 is 1.86. The number of aromatic nitrogens is 2. The van der Waals surface area contributed by atoms with Crippen LogP contribution >= 0.6 is 11.8 Å². The van der Waals surface area contributed by atoms with Crippen LogP contribution in [0.3, 0.4) is 0 Å². The molecule has 0 saturated carbocycles. The highest BCUT2D eigenvalue weighted by atomic mass is 32.2. The van der Waals surface area contributed by atoms with E-state index in [2.05, 4.69) is 21.8 Å². The van der Waals surface area contributed by atoms with E-state index >= 15 is 0 Å². The normalized spacial score (nSPS) is 10.4. The Morgan fingerprint density at radius 3 is 2.93 bits per heavy atom. The molecule has 1 aromatic rings. The summed E-state index contributed by atoms with van der Waals surface area (Å²) in [6.07, 6.45) is 4.42. The summed E-state index contributed by atoms with van der Waals surface area (Å²) in [4.78, 5) is 0. The zero-order valence-corrected chi connectivity index (χ0v) is 9.14. The third-order valence-electron chi connectivity index (χ3n) is 1.69.